The summed E-state index contributed by atoms with van der Waals surface area (Å²) in [6.07, 6.45) is 3.34. The molecule has 0 amide bonds. The zero-order chi connectivity index (χ0) is 26.0. The molecule has 3 aromatic carbocycles. The van der Waals surface area contributed by atoms with E-state index in [9.17, 15) is 9.90 Å². The molecule has 0 bridgehead atoms. The summed E-state index contributed by atoms with van der Waals surface area (Å²) in [5.74, 6) is 0. The molecule has 1 atom stereocenters. The summed E-state index contributed by atoms with van der Waals surface area (Å²) in [4.78, 5) is 15.2. The molecule has 0 saturated heterocycles. The van der Waals surface area contributed by atoms with E-state index in [4.69, 9.17) is 0 Å². The number of hydrogen-bond acceptors (Lipinski definition) is 4. The van der Waals surface area contributed by atoms with E-state index in [0.717, 1.165) is 53.4 Å². The first-order chi connectivity index (χ1) is 17.9. The lowest BCUT2D eigenvalue weighted by atomic mass is 9.96. The number of rotatable bonds is 9. The number of aliphatic hydroxyl groups excluding tert-OH is 1. The standard InChI is InChI=1S/C32H37N3O2/c1-4-22-15-24-17-32(3,18-25(24)16-23(22)5-2)34-20-29(36)26-11-13-28(31-27(26)12-14-30(37)35-31)33-19-21-9-7-6-8-10-21/h6-16,29,33-34,36H,4-5,17-20H2,1-3H3,(H,35,37)/t29-/m0/s1. The van der Waals surface area contributed by atoms with Crippen molar-refractivity contribution in [3.05, 3.63) is 110 Å². The number of aliphatic hydroxyl groups is 1. The number of pyridine rings is 1. The number of fused-ring (bicyclic) bond motifs is 2. The van der Waals surface area contributed by atoms with E-state index in [1.165, 1.54) is 28.3 Å². The number of hydrogen-bond donors (Lipinski definition) is 4. The third kappa shape index (κ3) is 5.34. The molecule has 192 valence electrons. The highest BCUT2D eigenvalue weighted by atomic mass is 16.3. The average molecular weight is 496 g/mol. The van der Waals surface area contributed by atoms with Crippen LogP contribution in [0.15, 0.2) is 71.5 Å². The van der Waals surface area contributed by atoms with Crippen molar-refractivity contribution < 1.29 is 5.11 Å². The predicted molar refractivity (Wildman–Crippen MR) is 152 cm³/mol. The van der Waals surface area contributed by atoms with Crippen LogP contribution in [0.25, 0.3) is 10.9 Å². The van der Waals surface area contributed by atoms with Crippen molar-refractivity contribution in [1.82, 2.24) is 10.3 Å². The molecule has 0 spiro atoms. The molecule has 1 aliphatic carbocycles. The second kappa shape index (κ2) is 10.5. The highest BCUT2D eigenvalue weighted by molar-refractivity contribution is 5.93. The van der Waals surface area contributed by atoms with Gasteiger partial charge in [-0.15, -0.1) is 0 Å². The minimum atomic E-state index is -0.700. The molecule has 0 saturated carbocycles. The van der Waals surface area contributed by atoms with Crippen molar-refractivity contribution in [2.24, 2.45) is 0 Å². The van der Waals surface area contributed by atoms with Gasteiger partial charge in [0.2, 0.25) is 5.56 Å². The van der Waals surface area contributed by atoms with Crippen molar-refractivity contribution in [3.8, 4) is 0 Å². The average Bonchev–Trinajstić information content (AvgIpc) is 3.25. The van der Waals surface area contributed by atoms with Gasteiger partial charge < -0.3 is 20.7 Å². The summed E-state index contributed by atoms with van der Waals surface area (Å²) in [6, 6.07) is 22.2. The van der Waals surface area contributed by atoms with Crippen molar-refractivity contribution in [1.29, 1.82) is 0 Å². The van der Waals surface area contributed by atoms with Crippen LogP contribution < -0.4 is 16.2 Å². The van der Waals surface area contributed by atoms with Gasteiger partial charge in [0.05, 0.1) is 17.3 Å². The van der Waals surface area contributed by atoms with Gasteiger partial charge >= 0.3 is 0 Å². The normalized spacial score (nSPS) is 15.0. The number of nitrogens with one attached hydrogen (secondary N) is 3. The van der Waals surface area contributed by atoms with Gasteiger partial charge in [0.1, 0.15) is 0 Å². The molecule has 1 heterocycles. The van der Waals surface area contributed by atoms with Gasteiger partial charge in [-0.1, -0.05) is 62.4 Å². The zero-order valence-electron chi connectivity index (χ0n) is 22.0. The molecule has 5 heteroatoms. The monoisotopic (exact) mass is 495 g/mol. The Hall–Kier alpha value is -3.41. The Morgan fingerprint density at radius 3 is 2.27 bits per heavy atom. The van der Waals surface area contributed by atoms with Gasteiger partial charge in [0, 0.05) is 30.1 Å². The van der Waals surface area contributed by atoms with Crippen LogP contribution in [-0.2, 0) is 32.2 Å². The highest BCUT2D eigenvalue weighted by Gasteiger charge is 2.33. The largest absolute Gasteiger partial charge is 0.387 e. The van der Waals surface area contributed by atoms with Crippen molar-refractivity contribution >= 4 is 16.6 Å². The van der Waals surface area contributed by atoms with E-state index in [1.807, 2.05) is 36.4 Å². The van der Waals surface area contributed by atoms with Crippen LogP contribution in [0.5, 0.6) is 0 Å². The molecule has 1 aliphatic rings. The molecule has 1 aromatic heterocycles. The van der Waals surface area contributed by atoms with Crippen LogP contribution >= 0.6 is 0 Å². The Kier molecular flexibility index (Phi) is 7.18. The molecule has 0 fully saturated rings. The van der Waals surface area contributed by atoms with E-state index in [-0.39, 0.29) is 11.1 Å². The highest BCUT2D eigenvalue weighted by Crippen LogP contribution is 2.34. The van der Waals surface area contributed by atoms with Crippen molar-refractivity contribution in [2.75, 3.05) is 11.9 Å². The van der Waals surface area contributed by atoms with Crippen molar-refractivity contribution in [2.45, 2.75) is 64.6 Å². The number of aromatic nitrogens is 1. The van der Waals surface area contributed by atoms with Crippen LogP contribution in [0.4, 0.5) is 5.69 Å². The molecule has 37 heavy (non-hydrogen) atoms. The molecule has 0 unspecified atom stereocenters. The first kappa shape index (κ1) is 25.2. The number of benzene rings is 3. The Morgan fingerprint density at radius 1 is 0.946 bits per heavy atom. The summed E-state index contributed by atoms with van der Waals surface area (Å²) in [5.41, 5.74) is 9.03. The lowest BCUT2D eigenvalue weighted by Gasteiger charge is -2.27. The molecular weight excluding hydrogens is 458 g/mol. The summed E-state index contributed by atoms with van der Waals surface area (Å²) in [6.45, 7) is 7.79. The number of aromatic amines is 1. The second-order valence-corrected chi connectivity index (χ2v) is 10.6. The Bertz CT molecular complexity index is 1430. The third-order valence-corrected chi connectivity index (χ3v) is 7.78. The first-order valence-corrected chi connectivity index (χ1v) is 13.4. The number of β-amino-alcohol motifs (C(OH)–C–C–N with tert-alkyl or cyclic N) is 1. The van der Waals surface area contributed by atoms with Crippen LogP contribution in [0, 0.1) is 0 Å². The summed E-state index contributed by atoms with van der Waals surface area (Å²) < 4.78 is 0. The maximum atomic E-state index is 12.2. The SMILES string of the molecule is CCc1cc2c(cc1CC)CC(C)(NC[C@H](O)c1ccc(NCc3ccccc3)c3[nH]c(=O)ccc13)C2. The van der Waals surface area contributed by atoms with Gasteiger partial charge in [-0.05, 0) is 78.1 Å². The molecule has 4 aromatic rings. The molecule has 0 aliphatic heterocycles. The van der Waals surface area contributed by atoms with Gasteiger partial charge in [0.25, 0.3) is 0 Å². The fourth-order valence-corrected chi connectivity index (χ4v) is 5.76. The topological polar surface area (TPSA) is 77.2 Å². The van der Waals surface area contributed by atoms with E-state index >= 15 is 0 Å². The first-order valence-electron chi connectivity index (χ1n) is 13.4. The Morgan fingerprint density at radius 2 is 1.62 bits per heavy atom. The third-order valence-electron chi connectivity index (χ3n) is 7.78. The lowest BCUT2D eigenvalue weighted by molar-refractivity contribution is 0.161. The number of aryl methyl sites for hydroxylation is 2. The molecule has 4 N–H and O–H groups in total. The van der Waals surface area contributed by atoms with E-state index in [0.29, 0.717) is 13.1 Å². The fraction of sp³-hybridized carbons (Fsp3) is 0.344. The minimum absolute atomic E-state index is 0.0953. The maximum absolute atomic E-state index is 12.2. The van der Waals surface area contributed by atoms with Crippen LogP contribution in [0.3, 0.4) is 0 Å². The quantitative estimate of drug-likeness (QED) is 0.249. The van der Waals surface area contributed by atoms with Gasteiger partial charge in [0.15, 0.2) is 0 Å². The molecule has 0 radical (unpaired) electrons. The maximum Gasteiger partial charge on any atom is 0.248 e. The van der Waals surface area contributed by atoms with Gasteiger partial charge in [-0.3, -0.25) is 4.79 Å². The molecular formula is C32H37N3O2. The summed E-state index contributed by atoms with van der Waals surface area (Å²) >= 11 is 0. The van der Waals surface area contributed by atoms with E-state index < -0.39 is 6.10 Å². The Balaban J connectivity index is 1.33. The van der Waals surface area contributed by atoms with E-state index in [1.54, 1.807) is 0 Å². The van der Waals surface area contributed by atoms with Crippen LogP contribution in [0.1, 0.15) is 60.3 Å². The summed E-state index contributed by atoms with van der Waals surface area (Å²) in [7, 11) is 0. The van der Waals surface area contributed by atoms with Gasteiger partial charge in [-0.2, -0.15) is 0 Å². The second-order valence-electron chi connectivity index (χ2n) is 10.6. The number of H-pyrrole nitrogens is 1. The summed E-state index contributed by atoms with van der Waals surface area (Å²) in [5, 5.41) is 19.2. The van der Waals surface area contributed by atoms with Crippen LogP contribution in [0.2, 0.25) is 0 Å². The minimum Gasteiger partial charge on any atom is -0.387 e. The van der Waals surface area contributed by atoms with Gasteiger partial charge in [-0.25, -0.2) is 0 Å². The van der Waals surface area contributed by atoms with E-state index in [2.05, 4.69) is 60.7 Å². The predicted octanol–water partition coefficient (Wildman–Crippen LogP) is 5.45. The molecule has 5 rings (SSSR count). The lowest BCUT2D eigenvalue weighted by Crippen LogP contribution is -2.45. The van der Waals surface area contributed by atoms with Crippen molar-refractivity contribution in [3.63, 3.8) is 0 Å². The van der Waals surface area contributed by atoms with Crippen LogP contribution in [-0.4, -0.2) is 22.2 Å². The molecule has 5 nitrogen and oxygen atoms in total. The fourth-order valence-electron chi connectivity index (χ4n) is 5.76. The number of anilines is 1. The Labute approximate surface area is 219 Å². The smallest absolute Gasteiger partial charge is 0.248 e. The zero-order valence-corrected chi connectivity index (χ0v) is 22.0.